The Morgan fingerprint density at radius 2 is 1.70 bits per heavy atom. The van der Waals surface area contributed by atoms with Gasteiger partial charge in [0, 0.05) is 39.9 Å². The van der Waals surface area contributed by atoms with Crippen LogP contribution in [0.3, 0.4) is 0 Å². The fraction of sp³-hybridized carbons (Fsp3) is 0. The Morgan fingerprint density at radius 1 is 0.800 bits per heavy atom. The van der Waals surface area contributed by atoms with E-state index in [2.05, 4.69) is 37.3 Å². The van der Waals surface area contributed by atoms with Gasteiger partial charge in [-0.15, -0.1) is 0 Å². The molecule has 0 saturated carbocycles. The smallest absolute Gasteiger partial charge is 0.0576 e. The Labute approximate surface area is 125 Å². The van der Waals surface area contributed by atoms with Crippen LogP contribution >= 0.6 is 15.9 Å². The third-order valence-corrected chi connectivity index (χ3v) is 3.34. The van der Waals surface area contributed by atoms with Crippen LogP contribution in [0.25, 0.3) is 11.1 Å². The second kappa shape index (κ2) is 5.84. The van der Waals surface area contributed by atoms with Crippen LogP contribution in [0, 0.1) is 0 Å². The highest BCUT2D eigenvalue weighted by atomic mass is 79.9. The summed E-state index contributed by atoms with van der Waals surface area (Å²) in [5.41, 5.74) is 4.06. The Balaban J connectivity index is 1.88. The number of aromatic nitrogens is 2. The molecule has 1 N–H and O–H groups in total. The number of benzene rings is 1. The Morgan fingerprint density at radius 3 is 2.50 bits per heavy atom. The highest BCUT2D eigenvalue weighted by molar-refractivity contribution is 9.10. The Bertz CT molecular complexity index is 714. The number of hydrogen-bond acceptors (Lipinski definition) is 3. The molecule has 0 aliphatic carbocycles. The number of pyridine rings is 2. The van der Waals surface area contributed by atoms with E-state index >= 15 is 0 Å². The van der Waals surface area contributed by atoms with E-state index in [1.807, 2.05) is 48.8 Å². The zero-order valence-electron chi connectivity index (χ0n) is 10.6. The molecule has 0 bridgehead atoms. The first-order valence-electron chi connectivity index (χ1n) is 6.19. The summed E-state index contributed by atoms with van der Waals surface area (Å²) in [7, 11) is 0. The van der Waals surface area contributed by atoms with Gasteiger partial charge in [0.2, 0.25) is 0 Å². The molecule has 0 radical (unpaired) electrons. The molecule has 0 fully saturated rings. The summed E-state index contributed by atoms with van der Waals surface area (Å²) in [6, 6.07) is 14.0. The molecule has 0 saturated heterocycles. The van der Waals surface area contributed by atoms with Gasteiger partial charge in [-0.1, -0.05) is 28.1 Å². The zero-order chi connectivity index (χ0) is 13.8. The lowest BCUT2D eigenvalue weighted by atomic mass is 10.1. The van der Waals surface area contributed by atoms with Crippen LogP contribution in [-0.2, 0) is 0 Å². The molecule has 0 atom stereocenters. The summed E-state index contributed by atoms with van der Waals surface area (Å²) in [4.78, 5) is 8.41. The third-order valence-electron chi connectivity index (χ3n) is 2.85. The van der Waals surface area contributed by atoms with Crippen molar-refractivity contribution >= 4 is 27.3 Å². The van der Waals surface area contributed by atoms with Crippen LogP contribution in [0.4, 0.5) is 11.4 Å². The van der Waals surface area contributed by atoms with Crippen LogP contribution in [-0.4, -0.2) is 9.97 Å². The van der Waals surface area contributed by atoms with Crippen molar-refractivity contribution in [2.45, 2.75) is 0 Å². The summed E-state index contributed by atoms with van der Waals surface area (Å²) in [5, 5.41) is 3.34. The van der Waals surface area contributed by atoms with E-state index in [0.29, 0.717) is 0 Å². The molecular weight excluding hydrogens is 314 g/mol. The topological polar surface area (TPSA) is 37.8 Å². The highest BCUT2D eigenvalue weighted by Crippen LogP contribution is 2.24. The van der Waals surface area contributed by atoms with Crippen LogP contribution in [0.5, 0.6) is 0 Å². The number of anilines is 2. The molecule has 2 heterocycles. The molecule has 0 amide bonds. The van der Waals surface area contributed by atoms with E-state index in [9.17, 15) is 0 Å². The van der Waals surface area contributed by atoms with Gasteiger partial charge in [0.25, 0.3) is 0 Å². The summed E-state index contributed by atoms with van der Waals surface area (Å²) >= 11 is 3.46. The van der Waals surface area contributed by atoms with E-state index in [0.717, 1.165) is 27.0 Å². The monoisotopic (exact) mass is 325 g/mol. The molecule has 2 aromatic heterocycles. The second-order valence-corrected chi connectivity index (χ2v) is 5.26. The van der Waals surface area contributed by atoms with Crippen LogP contribution in [0.2, 0.25) is 0 Å². The minimum Gasteiger partial charge on any atom is -0.354 e. The lowest BCUT2D eigenvalue weighted by Crippen LogP contribution is -1.92. The van der Waals surface area contributed by atoms with Gasteiger partial charge in [0.15, 0.2) is 0 Å². The first-order valence-corrected chi connectivity index (χ1v) is 6.98. The summed E-state index contributed by atoms with van der Waals surface area (Å²) in [6.45, 7) is 0. The number of rotatable bonds is 3. The maximum Gasteiger partial charge on any atom is 0.0576 e. The Kier molecular flexibility index (Phi) is 3.74. The second-order valence-electron chi connectivity index (χ2n) is 4.34. The van der Waals surface area contributed by atoms with Crippen molar-refractivity contribution in [3.05, 3.63) is 71.7 Å². The van der Waals surface area contributed by atoms with Crippen molar-refractivity contribution in [2.24, 2.45) is 0 Å². The highest BCUT2D eigenvalue weighted by Gasteiger charge is 2.01. The van der Waals surface area contributed by atoms with Crippen LogP contribution in [0.15, 0.2) is 71.7 Å². The molecule has 20 heavy (non-hydrogen) atoms. The van der Waals surface area contributed by atoms with Crippen molar-refractivity contribution in [1.29, 1.82) is 0 Å². The van der Waals surface area contributed by atoms with Gasteiger partial charge in [-0.25, -0.2) is 0 Å². The third kappa shape index (κ3) is 3.03. The Hall–Kier alpha value is -2.20. The van der Waals surface area contributed by atoms with Gasteiger partial charge in [0.05, 0.1) is 11.9 Å². The largest absolute Gasteiger partial charge is 0.354 e. The van der Waals surface area contributed by atoms with E-state index < -0.39 is 0 Å². The van der Waals surface area contributed by atoms with Gasteiger partial charge >= 0.3 is 0 Å². The quantitative estimate of drug-likeness (QED) is 0.761. The van der Waals surface area contributed by atoms with Gasteiger partial charge in [-0.3, -0.25) is 9.97 Å². The molecule has 3 nitrogen and oxygen atoms in total. The van der Waals surface area contributed by atoms with Crippen molar-refractivity contribution in [3.63, 3.8) is 0 Å². The number of nitrogens with one attached hydrogen (secondary N) is 1. The first-order chi connectivity index (χ1) is 9.81. The molecule has 4 heteroatoms. The molecule has 0 aliphatic rings. The average Bonchev–Trinajstić information content (AvgIpc) is 2.48. The molecule has 0 spiro atoms. The summed E-state index contributed by atoms with van der Waals surface area (Å²) in [5.74, 6) is 0. The predicted molar refractivity (Wildman–Crippen MR) is 84.9 cm³/mol. The average molecular weight is 326 g/mol. The number of nitrogens with zero attached hydrogens (tertiary/aromatic N) is 2. The fourth-order valence-electron chi connectivity index (χ4n) is 1.93. The molecule has 3 rings (SSSR count). The molecule has 98 valence electrons. The van der Waals surface area contributed by atoms with Gasteiger partial charge in [-0.05, 0) is 30.3 Å². The number of hydrogen-bond donors (Lipinski definition) is 1. The maximum absolute atomic E-state index is 4.28. The lowest BCUT2D eigenvalue weighted by Gasteiger charge is -2.08. The molecule has 0 unspecified atom stereocenters. The maximum atomic E-state index is 4.28. The first kappa shape index (κ1) is 12.8. The predicted octanol–water partition coefficient (Wildman–Crippen LogP) is 4.65. The van der Waals surface area contributed by atoms with E-state index in [1.54, 1.807) is 12.4 Å². The zero-order valence-corrected chi connectivity index (χ0v) is 12.2. The SMILES string of the molecule is Brc1cccc(Nc2cncc(-c3cccnc3)c2)c1. The van der Waals surface area contributed by atoms with E-state index in [1.165, 1.54) is 0 Å². The van der Waals surface area contributed by atoms with Gasteiger partial charge < -0.3 is 5.32 Å². The van der Waals surface area contributed by atoms with Crippen molar-refractivity contribution in [1.82, 2.24) is 9.97 Å². The molecule has 1 aromatic carbocycles. The van der Waals surface area contributed by atoms with Crippen molar-refractivity contribution in [2.75, 3.05) is 5.32 Å². The van der Waals surface area contributed by atoms with Crippen LogP contribution < -0.4 is 5.32 Å². The lowest BCUT2D eigenvalue weighted by molar-refractivity contribution is 1.29. The van der Waals surface area contributed by atoms with Gasteiger partial charge in [0.1, 0.15) is 0 Å². The normalized spacial score (nSPS) is 10.2. The standard InChI is InChI=1S/C16H12BrN3/c17-14-4-1-5-15(8-14)20-16-7-13(10-19-11-16)12-3-2-6-18-9-12/h1-11,20H. The van der Waals surface area contributed by atoms with Crippen molar-refractivity contribution in [3.8, 4) is 11.1 Å². The summed E-state index contributed by atoms with van der Waals surface area (Å²) in [6.07, 6.45) is 7.24. The minimum absolute atomic E-state index is 0.949. The van der Waals surface area contributed by atoms with Gasteiger partial charge in [-0.2, -0.15) is 0 Å². The fourth-order valence-corrected chi connectivity index (χ4v) is 2.33. The van der Waals surface area contributed by atoms with E-state index in [-0.39, 0.29) is 0 Å². The van der Waals surface area contributed by atoms with Crippen molar-refractivity contribution < 1.29 is 0 Å². The molecular formula is C16H12BrN3. The number of halogens is 1. The van der Waals surface area contributed by atoms with E-state index in [4.69, 9.17) is 0 Å². The molecule has 3 aromatic rings. The van der Waals surface area contributed by atoms with Crippen LogP contribution in [0.1, 0.15) is 0 Å². The molecule has 0 aliphatic heterocycles. The summed E-state index contributed by atoms with van der Waals surface area (Å²) < 4.78 is 1.04. The minimum atomic E-state index is 0.949.